The predicted octanol–water partition coefficient (Wildman–Crippen LogP) is 2.59. The van der Waals surface area contributed by atoms with Gasteiger partial charge in [-0.25, -0.2) is 0 Å². The number of likely N-dealkylation sites (tertiary alicyclic amines) is 1. The first kappa shape index (κ1) is 18.5. The summed E-state index contributed by atoms with van der Waals surface area (Å²) in [6.45, 7) is 1.79. The maximum atomic E-state index is 13.1. The van der Waals surface area contributed by atoms with E-state index < -0.39 is 0 Å². The Balaban J connectivity index is 1.54. The molecule has 0 saturated carbocycles. The van der Waals surface area contributed by atoms with Crippen LogP contribution in [-0.2, 0) is 9.53 Å². The Bertz CT molecular complexity index is 855. The molecule has 6 nitrogen and oxygen atoms in total. The summed E-state index contributed by atoms with van der Waals surface area (Å²) in [5, 5.41) is 0. The van der Waals surface area contributed by atoms with E-state index in [9.17, 15) is 9.59 Å². The summed E-state index contributed by atoms with van der Waals surface area (Å²) in [5.74, 6) is 0.563. The summed E-state index contributed by atoms with van der Waals surface area (Å²) in [7, 11) is 1.57. The van der Waals surface area contributed by atoms with E-state index in [-0.39, 0.29) is 30.4 Å². The SMILES string of the molecule is COc1ccccc1C(=O)N1CC[C@@H]2OCC(=O)N(c3ccccc3)C[C@H]2C1. The fraction of sp³-hybridized carbons (Fsp3) is 0.364. The van der Waals surface area contributed by atoms with Crippen LogP contribution in [0.1, 0.15) is 16.8 Å². The van der Waals surface area contributed by atoms with E-state index in [4.69, 9.17) is 9.47 Å². The fourth-order valence-corrected chi connectivity index (χ4v) is 4.03. The van der Waals surface area contributed by atoms with Crippen molar-refractivity contribution in [3.05, 3.63) is 60.2 Å². The van der Waals surface area contributed by atoms with Crippen molar-refractivity contribution in [1.29, 1.82) is 0 Å². The van der Waals surface area contributed by atoms with Gasteiger partial charge in [0.2, 0.25) is 0 Å². The zero-order chi connectivity index (χ0) is 19.5. The van der Waals surface area contributed by atoms with Crippen molar-refractivity contribution in [1.82, 2.24) is 4.90 Å². The molecule has 2 fully saturated rings. The molecule has 146 valence electrons. The van der Waals surface area contributed by atoms with Gasteiger partial charge in [-0.15, -0.1) is 0 Å². The molecule has 0 unspecified atom stereocenters. The third-order valence-corrected chi connectivity index (χ3v) is 5.50. The third-order valence-electron chi connectivity index (χ3n) is 5.50. The average molecular weight is 380 g/mol. The van der Waals surface area contributed by atoms with Gasteiger partial charge in [0, 0.05) is 31.2 Å². The third kappa shape index (κ3) is 3.60. The van der Waals surface area contributed by atoms with Crippen molar-refractivity contribution in [3.8, 4) is 5.75 Å². The number of ether oxygens (including phenoxy) is 2. The van der Waals surface area contributed by atoms with Gasteiger partial charge in [-0.05, 0) is 30.7 Å². The number of amides is 2. The lowest BCUT2D eigenvalue weighted by Crippen LogP contribution is -2.49. The molecule has 4 rings (SSSR count). The summed E-state index contributed by atoms with van der Waals surface area (Å²) >= 11 is 0. The van der Waals surface area contributed by atoms with Gasteiger partial charge in [0.25, 0.3) is 11.8 Å². The highest BCUT2D eigenvalue weighted by Crippen LogP contribution is 2.29. The van der Waals surface area contributed by atoms with Crippen molar-refractivity contribution < 1.29 is 19.1 Å². The van der Waals surface area contributed by atoms with E-state index in [0.717, 1.165) is 12.1 Å². The van der Waals surface area contributed by atoms with Crippen LogP contribution in [0.4, 0.5) is 5.69 Å². The van der Waals surface area contributed by atoms with E-state index in [0.29, 0.717) is 30.9 Å². The van der Waals surface area contributed by atoms with Crippen LogP contribution in [0.3, 0.4) is 0 Å². The Labute approximate surface area is 164 Å². The number of piperidine rings is 1. The van der Waals surface area contributed by atoms with E-state index in [2.05, 4.69) is 0 Å². The minimum absolute atomic E-state index is 0.0145. The molecule has 0 bridgehead atoms. The van der Waals surface area contributed by atoms with Gasteiger partial charge in [-0.3, -0.25) is 9.59 Å². The van der Waals surface area contributed by atoms with Gasteiger partial charge in [0.05, 0.1) is 18.8 Å². The Kier molecular flexibility index (Phi) is 5.30. The molecular formula is C22H24N2O4. The number of rotatable bonds is 3. The summed E-state index contributed by atoms with van der Waals surface area (Å²) in [6.07, 6.45) is 0.709. The number of anilines is 1. The topological polar surface area (TPSA) is 59.1 Å². The molecule has 2 amide bonds. The number of carbonyl (C=O) groups is 2. The zero-order valence-electron chi connectivity index (χ0n) is 15.9. The molecule has 0 radical (unpaired) electrons. The Morgan fingerprint density at radius 2 is 1.82 bits per heavy atom. The van der Waals surface area contributed by atoms with Crippen LogP contribution in [0.25, 0.3) is 0 Å². The minimum atomic E-state index is -0.0438. The van der Waals surface area contributed by atoms with E-state index in [1.807, 2.05) is 47.4 Å². The first-order chi connectivity index (χ1) is 13.7. The van der Waals surface area contributed by atoms with E-state index in [1.54, 1.807) is 24.1 Å². The van der Waals surface area contributed by atoms with Crippen molar-refractivity contribution in [2.75, 3.05) is 38.3 Å². The Morgan fingerprint density at radius 3 is 2.61 bits per heavy atom. The Morgan fingerprint density at radius 1 is 1.07 bits per heavy atom. The number of nitrogens with zero attached hydrogens (tertiary/aromatic N) is 2. The molecule has 28 heavy (non-hydrogen) atoms. The van der Waals surface area contributed by atoms with E-state index >= 15 is 0 Å². The number of hydrogen-bond acceptors (Lipinski definition) is 4. The molecule has 2 saturated heterocycles. The monoisotopic (exact) mass is 380 g/mol. The molecule has 2 aliphatic heterocycles. The first-order valence-corrected chi connectivity index (χ1v) is 9.56. The highest BCUT2D eigenvalue weighted by atomic mass is 16.5. The van der Waals surface area contributed by atoms with Crippen LogP contribution < -0.4 is 9.64 Å². The average Bonchev–Trinajstić information content (AvgIpc) is 2.92. The van der Waals surface area contributed by atoms with Gasteiger partial charge < -0.3 is 19.3 Å². The van der Waals surface area contributed by atoms with Gasteiger partial charge in [0.1, 0.15) is 12.4 Å². The molecule has 0 aromatic heterocycles. The van der Waals surface area contributed by atoms with Gasteiger partial charge in [-0.1, -0.05) is 30.3 Å². The lowest BCUT2D eigenvalue weighted by molar-refractivity contribution is -0.124. The number of fused-ring (bicyclic) bond motifs is 1. The number of benzene rings is 2. The molecule has 0 aliphatic carbocycles. The minimum Gasteiger partial charge on any atom is -0.496 e. The van der Waals surface area contributed by atoms with Crippen molar-refractivity contribution in [2.24, 2.45) is 5.92 Å². The summed E-state index contributed by atoms with van der Waals surface area (Å²) in [6, 6.07) is 16.9. The quantitative estimate of drug-likeness (QED) is 0.821. The van der Waals surface area contributed by atoms with Crippen LogP contribution in [-0.4, -0.2) is 56.2 Å². The maximum absolute atomic E-state index is 13.1. The van der Waals surface area contributed by atoms with Crippen LogP contribution in [0.5, 0.6) is 5.75 Å². The molecule has 2 heterocycles. The number of para-hydroxylation sites is 2. The highest BCUT2D eigenvalue weighted by molar-refractivity contribution is 5.97. The fourth-order valence-electron chi connectivity index (χ4n) is 4.03. The van der Waals surface area contributed by atoms with Crippen LogP contribution in [0, 0.1) is 5.92 Å². The normalized spacial score (nSPS) is 22.4. The van der Waals surface area contributed by atoms with Crippen LogP contribution in [0.15, 0.2) is 54.6 Å². The Hall–Kier alpha value is -2.86. The van der Waals surface area contributed by atoms with Gasteiger partial charge >= 0.3 is 0 Å². The van der Waals surface area contributed by atoms with E-state index in [1.165, 1.54) is 0 Å². The molecule has 6 heteroatoms. The van der Waals surface area contributed by atoms with Crippen molar-refractivity contribution >= 4 is 17.5 Å². The molecule has 2 aromatic rings. The smallest absolute Gasteiger partial charge is 0.257 e. The molecule has 2 aliphatic rings. The first-order valence-electron chi connectivity index (χ1n) is 9.56. The second kappa shape index (κ2) is 8.02. The van der Waals surface area contributed by atoms with Gasteiger partial charge in [-0.2, -0.15) is 0 Å². The summed E-state index contributed by atoms with van der Waals surface area (Å²) < 4.78 is 11.2. The predicted molar refractivity (Wildman–Crippen MR) is 106 cm³/mol. The van der Waals surface area contributed by atoms with Gasteiger partial charge in [0.15, 0.2) is 0 Å². The van der Waals surface area contributed by atoms with Crippen molar-refractivity contribution in [2.45, 2.75) is 12.5 Å². The standard InChI is InChI=1S/C22H24N2O4/c1-27-20-10-6-5-9-18(20)22(26)23-12-11-19-16(13-23)14-24(21(25)15-28-19)17-7-3-2-4-8-17/h2-10,16,19H,11-15H2,1H3/t16-,19+/m1/s1. The number of hydrogen-bond donors (Lipinski definition) is 0. The molecule has 0 N–H and O–H groups in total. The molecule has 2 atom stereocenters. The molecule has 2 aromatic carbocycles. The molecule has 0 spiro atoms. The largest absolute Gasteiger partial charge is 0.496 e. The lowest BCUT2D eigenvalue weighted by atomic mass is 9.93. The number of carbonyl (C=O) groups excluding carboxylic acids is 2. The maximum Gasteiger partial charge on any atom is 0.257 e. The number of methoxy groups -OCH3 is 1. The second-order valence-corrected chi connectivity index (χ2v) is 7.19. The zero-order valence-corrected chi connectivity index (χ0v) is 15.9. The highest BCUT2D eigenvalue weighted by Gasteiger charge is 2.38. The summed E-state index contributed by atoms with van der Waals surface area (Å²) in [5.41, 5.74) is 1.43. The van der Waals surface area contributed by atoms with Crippen LogP contribution >= 0.6 is 0 Å². The van der Waals surface area contributed by atoms with Crippen molar-refractivity contribution in [3.63, 3.8) is 0 Å². The summed E-state index contributed by atoms with van der Waals surface area (Å²) in [4.78, 5) is 29.3. The second-order valence-electron chi connectivity index (χ2n) is 7.19. The lowest BCUT2D eigenvalue weighted by Gasteiger charge is -2.38. The molecular weight excluding hydrogens is 356 g/mol. The van der Waals surface area contributed by atoms with Crippen LogP contribution in [0.2, 0.25) is 0 Å².